The van der Waals surface area contributed by atoms with Crippen LogP contribution in [0.2, 0.25) is 5.02 Å². The molecule has 0 saturated heterocycles. The Morgan fingerprint density at radius 3 is 2.93 bits per heavy atom. The summed E-state index contributed by atoms with van der Waals surface area (Å²) >= 11 is 8.15. The topological polar surface area (TPSA) is 56.3 Å². The van der Waals surface area contributed by atoms with Crippen molar-refractivity contribution in [3.05, 3.63) is 53.2 Å². The van der Waals surface area contributed by atoms with Gasteiger partial charge in [0.25, 0.3) is 0 Å². The minimum Gasteiger partial charge on any atom is -0.474 e. The second-order valence-corrected chi connectivity index (χ2v) is 8.50. The molecule has 1 fully saturated rings. The predicted octanol–water partition coefficient (Wildman–Crippen LogP) is 5.17. The van der Waals surface area contributed by atoms with E-state index in [9.17, 15) is 0 Å². The normalized spacial score (nSPS) is 21.8. The van der Waals surface area contributed by atoms with Gasteiger partial charge in [0.05, 0.1) is 34.0 Å². The number of pyridine rings is 1. The lowest BCUT2D eigenvalue weighted by atomic mass is 9.89. The van der Waals surface area contributed by atoms with Crippen LogP contribution >= 0.6 is 22.9 Å². The molecular formula is C21H20ClN3O2S. The van der Waals surface area contributed by atoms with Gasteiger partial charge in [0.1, 0.15) is 6.10 Å². The number of anilines is 1. The summed E-state index contributed by atoms with van der Waals surface area (Å²) < 4.78 is 12.8. The summed E-state index contributed by atoms with van der Waals surface area (Å²) in [5, 5.41) is 5.18. The molecule has 28 heavy (non-hydrogen) atoms. The first-order valence-electron chi connectivity index (χ1n) is 9.46. The van der Waals surface area contributed by atoms with E-state index in [2.05, 4.69) is 27.4 Å². The van der Waals surface area contributed by atoms with Gasteiger partial charge < -0.3 is 14.8 Å². The molecule has 7 heteroatoms. The molecule has 0 amide bonds. The lowest BCUT2D eigenvalue weighted by Gasteiger charge is -2.35. The van der Waals surface area contributed by atoms with Crippen LogP contribution in [0.3, 0.4) is 0 Å². The molecule has 1 aliphatic heterocycles. The molecule has 0 atom stereocenters. The maximum absolute atomic E-state index is 6.46. The first-order chi connectivity index (χ1) is 13.8. The first kappa shape index (κ1) is 17.9. The smallest absolute Gasteiger partial charge is 0.222 e. The zero-order valence-electron chi connectivity index (χ0n) is 15.2. The maximum Gasteiger partial charge on any atom is 0.222 e. The van der Waals surface area contributed by atoms with Crippen LogP contribution in [0.4, 0.5) is 5.13 Å². The Hall–Kier alpha value is -2.15. The Morgan fingerprint density at radius 2 is 2.11 bits per heavy atom. The molecule has 144 valence electrons. The van der Waals surface area contributed by atoms with Gasteiger partial charge in [0.15, 0.2) is 5.13 Å². The number of para-hydroxylation sites is 1. The summed E-state index contributed by atoms with van der Waals surface area (Å²) in [4.78, 5) is 9.10. The number of nitrogens with zero attached hydrogens (tertiary/aromatic N) is 2. The molecule has 2 aliphatic rings. The quantitative estimate of drug-likeness (QED) is 0.625. The Balaban J connectivity index is 1.24. The fourth-order valence-corrected chi connectivity index (χ4v) is 4.80. The van der Waals surface area contributed by atoms with Crippen LogP contribution in [0.25, 0.3) is 15.8 Å². The molecule has 5 nitrogen and oxygen atoms in total. The second kappa shape index (κ2) is 7.70. The largest absolute Gasteiger partial charge is 0.474 e. The van der Waals surface area contributed by atoms with Crippen molar-refractivity contribution in [2.75, 3.05) is 18.5 Å². The highest BCUT2D eigenvalue weighted by molar-refractivity contribution is 7.22. The molecule has 3 aromatic rings. The number of aromatic nitrogens is 2. The summed E-state index contributed by atoms with van der Waals surface area (Å²) in [6.45, 7) is 1.31. The molecule has 1 aliphatic carbocycles. The van der Waals surface area contributed by atoms with Crippen LogP contribution in [0, 0.1) is 0 Å². The third-order valence-electron chi connectivity index (χ3n) is 5.14. The Morgan fingerprint density at radius 1 is 1.21 bits per heavy atom. The van der Waals surface area contributed by atoms with E-state index in [0.717, 1.165) is 41.0 Å². The Labute approximate surface area is 172 Å². The van der Waals surface area contributed by atoms with Gasteiger partial charge in [-0.05, 0) is 30.2 Å². The highest BCUT2D eigenvalue weighted by Gasteiger charge is 2.33. The van der Waals surface area contributed by atoms with Gasteiger partial charge >= 0.3 is 0 Å². The molecule has 0 bridgehead atoms. The minimum atomic E-state index is 0.136. The summed E-state index contributed by atoms with van der Waals surface area (Å²) in [6.07, 6.45) is 6.58. The van der Waals surface area contributed by atoms with E-state index in [4.69, 9.17) is 21.1 Å². The molecule has 0 unspecified atom stereocenters. The van der Waals surface area contributed by atoms with Gasteiger partial charge in [-0.15, -0.1) is 0 Å². The van der Waals surface area contributed by atoms with Gasteiger partial charge in [0, 0.05) is 25.1 Å². The summed E-state index contributed by atoms with van der Waals surface area (Å²) in [7, 11) is 0. The second-order valence-electron chi connectivity index (χ2n) is 7.07. The van der Waals surface area contributed by atoms with Crippen molar-refractivity contribution in [2.45, 2.75) is 31.4 Å². The van der Waals surface area contributed by atoms with Gasteiger partial charge in [-0.1, -0.05) is 41.1 Å². The molecular weight excluding hydrogens is 394 g/mol. The average molecular weight is 414 g/mol. The van der Waals surface area contributed by atoms with Crippen molar-refractivity contribution in [3.63, 3.8) is 0 Å². The first-order valence-corrected chi connectivity index (χ1v) is 10.7. The van der Waals surface area contributed by atoms with E-state index in [1.807, 2.05) is 24.3 Å². The van der Waals surface area contributed by atoms with Crippen molar-refractivity contribution in [1.29, 1.82) is 0 Å². The third kappa shape index (κ3) is 3.60. The number of benzene rings is 1. The zero-order chi connectivity index (χ0) is 18.9. The zero-order valence-corrected chi connectivity index (χ0v) is 16.8. The van der Waals surface area contributed by atoms with Crippen molar-refractivity contribution < 1.29 is 9.47 Å². The van der Waals surface area contributed by atoms with Gasteiger partial charge in [-0.25, -0.2) is 9.97 Å². The average Bonchev–Trinajstić information content (AvgIpc) is 3.09. The number of hydrogen-bond acceptors (Lipinski definition) is 6. The lowest BCUT2D eigenvalue weighted by Crippen LogP contribution is -2.42. The fourth-order valence-electron chi connectivity index (χ4n) is 3.60. The SMILES string of the molecule is Clc1ccnc(OC2CC(Nc3nc4ccccc4s3)C2)c1C1=CCOCC1. The van der Waals surface area contributed by atoms with Gasteiger partial charge in [0.2, 0.25) is 5.88 Å². The molecule has 5 rings (SSSR count). The highest BCUT2D eigenvalue weighted by Crippen LogP contribution is 2.37. The summed E-state index contributed by atoms with van der Waals surface area (Å²) in [6, 6.07) is 10.4. The molecule has 3 heterocycles. The van der Waals surface area contributed by atoms with Crippen LogP contribution < -0.4 is 10.1 Å². The van der Waals surface area contributed by atoms with Crippen molar-refractivity contribution >= 4 is 43.9 Å². The third-order valence-corrected chi connectivity index (χ3v) is 6.43. The predicted molar refractivity (Wildman–Crippen MR) is 113 cm³/mol. The van der Waals surface area contributed by atoms with E-state index >= 15 is 0 Å². The Bertz CT molecular complexity index is 996. The van der Waals surface area contributed by atoms with Crippen LogP contribution in [-0.4, -0.2) is 35.3 Å². The number of halogens is 1. The van der Waals surface area contributed by atoms with Crippen LogP contribution in [0.15, 0.2) is 42.6 Å². The van der Waals surface area contributed by atoms with E-state index in [1.165, 1.54) is 4.70 Å². The van der Waals surface area contributed by atoms with Crippen molar-refractivity contribution in [1.82, 2.24) is 9.97 Å². The molecule has 0 radical (unpaired) electrons. The number of thiazole rings is 1. The Kier molecular flexibility index (Phi) is 4.93. The van der Waals surface area contributed by atoms with Crippen molar-refractivity contribution in [3.8, 4) is 5.88 Å². The summed E-state index contributed by atoms with van der Waals surface area (Å²) in [5.74, 6) is 0.629. The lowest BCUT2D eigenvalue weighted by molar-refractivity contribution is 0.102. The number of rotatable bonds is 5. The van der Waals surface area contributed by atoms with Gasteiger partial charge in [-0.3, -0.25) is 0 Å². The van der Waals surface area contributed by atoms with E-state index < -0.39 is 0 Å². The van der Waals surface area contributed by atoms with Crippen LogP contribution in [-0.2, 0) is 4.74 Å². The number of hydrogen-bond donors (Lipinski definition) is 1. The molecule has 0 spiro atoms. The molecule has 1 N–H and O–H groups in total. The van der Waals surface area contributed by atoms with Crippen molar-refractivity contribution in [2.24, 2.45) is 0 Å². The highest BCUT2D eigenvalue weighted by atomic mass is 35.5. The molecule has 2 aromatic heterocycles. The molecule has 1 saturated carbocycles. The molecule has 1 aromatic carbocycles. The van der Waals surface area contributed by atoms with Crippen LogP contribution in [0.1, 0.15) is 24.8 Å². The number of nitrogens with one attached hydrogen (secondary N) is 1. The maximum atomic E-state index is 6.46. The monoisotopic (exact) mass is 413 g/mol. The number of ether oxygens (including phenoxy) is 2. The minimum absolute atomic E-state index is 0.136. The fraction of sp³-hybridized carbons (Fsp3) is 0.333. The van der Waals surface area contributed by atoms with Crippen LogP contribution in [0.5, 0.6) is 5.88 Å². The summed E-state index contributed by atoms with van der Waals surface area (Å²) in [5.41, 5.74) is 3.11. The van der Waals surface area contributed by atoms with E-state index in [0.29, 0.717) is 30.2 Å². The number of fused-ring (bicyclic) bond motifs is 1. The van der Waals surface area contributed by atoms with E-state index in [-0.39, 0.29) is 6.10 Å². The van der Waals surface area contributed by atoms with E-state index in [1.54, 1.807) is 17.5 Å². The van der Waals surface area contributed by atoms with Gasteiger partial charge in [-0.2, -0.15) is 0 Å². The standard InChI is InChI=1S/C21H20ClN3O2S/c22-16-5-8-23-20(19(16)13-6-9-26-10-7-13)27-15-11-14(12-15)24-21-25-17-3-1-2-4-18(17)28-21/h1-6,8,14-15H,7,9-12H2,(H,24,25).